The molecule has 0 N–H and O–H groups in total. The lowest BCUT2D eigenvalue weighted by molar-refractivity contribution is 0.155. The fourth-order valence-corrected chi connectivity index (χ4v) is 6.36. The van der Waals surface area contributed by atoms with Gasteiger partial charge < -0.3 is 0 Å². The lowest BCUT2D eigenvalue weighted by atomic mass is 9.68. The molecule has 0 bridgehead atoms. The number of benzene rings is 2. The molecular weight excluding hydrogens is 443 g/mol. The maximum Gasteiger partial charge on any atom is 0.194 e. The maximum atomic E-state index is 14.9. The van der Waals surface area contributed by atoms with Crippen molar-refractivity contribution in [3.05, 3.63) is 58.9 Å². The van der Waals surface area contributed by atoms with Gasteiger partial charge in [0.05, 0.1) is 5.56 Å². The first kappa shape index (κ1) is 25.2. The summed E-state index contributed by atoms with van der Waals surface area (Å²) in [7, 11) is 0. The summed E-state index contributed by atoms with van der Waals surface area (Å²) in [6.07, 6.45) is 14.6. The standard InChI is InChI=1S/C29H35F5/c1-2-3-4-5-18-6-8-19(9-7-18)20-10-12-21(13-11-20)22-14-24(30)28(25(31)15-22)23-16-26(32)29(34)27(33)17-23/h14-21H,2-13H2,1H3. The molecule has 186 valence electrons. The van der Waals surface area contributed by atoms with Gasteiger partial charge in [0, 0.05) is 0 Å². The van der Waals surface area contributed by atoms with Crippen LogP contribution in [0.5, 0.6) is 0 Å². The van der Waals surface area contributed by atoms with E-state index in [-0.39, 0.29) is 11.5 Å². The molecule has 0 atom stereocenters. The van der Waals surface area contributed by atoms with E-state index in [1.807, 2.05) is 0 Å². The van der Waals surface area contributed by atoms with Crippen LogP contribution in [0.2, 0.25) is 0 Å². The van der Waals surface area contributed by atoms with E-state index < -0.39 is 34.6 Å². The highest BCUT2D eigenvalue weighted by molar-refractivity contribution is 5.65. The van der Waals surface area contributed by atoms with E-state index in [4.69, 9.17) is 0 Å². The Bertz CT molecular complexity index is 922. The van der Waals surface area contributed by atoms with Crippen molar-refractivity contribution >= 4 is 0 Å². The Morgan fingerprint density at radius 3 is 1.71 bits per heavy atom. The van der Waals surface area contributed by atoms with Crippen molar-refractivity contribution in [2.75, 3.05) is 0 Å². The van der Waals surface area contributed by atoms with Crippen molar-refractivity contribution in [3.63, 3.8) is 0 Å². The predicted octanol–water partition coefficient (Wildman–Crippen LogP) is 9.71. The molecular formula is C29H35F5. The Kier molecular flexibility index (Phi) is 8.31. The third kappa shape index (κ3) is 5.66. The molecule has 0 radical (unpaired) electrons. The molecule has 2 aromatic rings. The van der Waals surface area contributed by atoms with Gasteiger partial charge in [-0.25, -0.2) is 22.0 Å². The summed E-state index contributed by atoms with van der Waals surface area (Å²) >= 11 is 0. The first-order chi connectivity index (χ1) is 16.4. The number of rotatable bonds is 7. The molecule has 0 saturated heterocycles. The summed E-state index contributed by atoms with van der Waals surface area (Å²) in [5.74, 6) is -3.87. The van der Waals surface area contributed by atoms with E-state index in [0.717, 1.165) is 37.5 Å². The zero-order chi connectivity index (χ0) is 24.2. The molecule has 0 heterocycles. The van der Waals surface area contributed by atoms with Crippen LogP contribution in [-0.2, 0) is 0 Å². The van der Waals surface area contributed by atoms with Crippen LogP contribution in [0.1, 0.15) is 95.5 Å². The molecule has 0 aromatic heterocycles. The van der Waals surface area contributed by atoms with E-state index >= 15 is 0 Å². The van der Waals surface area contributed by atoms with Gasteiger partial charge in [0.25, 0.3) is 0 Å². The van der Waals surface area contributed by atoms with Crippen LogP contribution in [0.15, 0.2) is 24.3 Å². The van der Waals surface area contributed by atoms with Crippen LogP contribution in [0, 0.1) is 46.8 Å². The smallest absolute Gasteiger partial charge is 0.194 e. The number of hydrogen-bond acceptors (Lipinski definition) is 0. The lowest BCUT2D eigenvalue weighted by Crippen LogP contribution is -2.25. The molecule has 34 heavy (non-hydrogen) atoms. The topological polar surface area (TPSA) is 0 Å². The molecule has 4 rings (SSSR count). The van der Waals surface area contributed by atoms with Gasteiger partial charge in [-0.3, -0.25) is 0 Å². The molecule has 2 fully saturated rings. The van der Waals surface area contributed by atoms with E-state index in [1.165, 1.54) is 63.5 Å². The van der Waals surface area contributed by atoms with Crippen LogP contribution in [-0.4, -0.2) is 0 Å². The molecule has 0 unspecified atom stereocenters. The van der Waals surface area contributed by atoms with Crippen molar-refractivity contribution < 1.29 is 22.0 Å². The second kappa shape index (κ2) is 11.2. The van der Waals surface area contributed by atoms with Crippen LogP contribution < -0.4 is 0 Å². The van der Waals surface area contributed by atoms with Crippen molar-refractivity contribution in [2.24, 2.45) is 17.8 Å². The quantitative estimate of drug-likeness (QED) is 0.211. The summed E-state index contributed by atoms with van der Waals surface area (Å²) in [6.45, 7) is 2.25. The zero-order valence-corrected chi connectivity index (χ0v) is 20.0. The summed E-state index contributed by atoms with van der Waals surface area (Å²) in [6, 6.07) is 3.82. The Balaban J connectivity index is 1.36. The SMILES string of the molecule is CCCCCC1CCC(C2CCC(c3cc(F)c(-c4cc(F)c(F)c(F)c4)c(F)c3)CC2)CC1. The largest absolute Gasteiger partial charge is 0.206 e. The number of halogens is 5. The highest BCUT2D eigenvalue weighted by atomic mass is 19.2. The third-order valence-electron chi connectivity index (χ3n) is 8.35. The van der Waals surface area contributed by atoms with Gasteiger partial charge in [-0.05, 0) is 97.6 Å². The summed E-state index contributed by atoms with van der Waals surface area (Å²) < 4.78 is 70.1. The molecule has 2 aliphatic carbocycles. The van der Waals surface area contributed by atoms with Crippen molar-refractivity contribution in [1.29, 1.82) is 0 Å². The van der Waals surface area contributed by atoms with Gasteiger partial charge in [-0.1, -0.05) is 45.4 Å². The Morgan fingerprint density at radius 2 is 1.18 bits per heavy atom. The van der Waals surface area contributed by atoms with E-state index in [2.05, 4.69) is 6.92 Å². The molecule has 2 aromatic carbocycles. The van der Waals surface area contributed by atoms with Crippen molar-refractivity contribution in [1.82, 2.24) is 0 Å². The fourth-order valence-electron chi connectivity index (χ4n) is 6.36. The molecule has 0 aliphatic heterocycles. The molecule has 0 spiro atoms. The van der Waals surface area contributed by atoms with Crippen molar-refractivity contribution in [3.8, 4) is 11.1 Å². The minimum absolute atomic E-state index is 0.0846. The van der Waals surface area contributed by atoms with Crippen LogP contribution >= 0.6 is 0 Å². The minimum atomic E-state index is -1.65. The van der Waals surface area contributed by atoms with Gasteiger partial charge >= 0.3 is 0 Å². The maximum absolute atomic E-state index is 14.9. The Morgan fingerprint density at radius 1 is 0.647 bits per heavy atom. The van der Waals surface area contributed by atoms with Gasteiger partial charge in [-0.15, -0.1) is 0 Å². The summed E-state index contributed by atoms with van der Waals surface area (Å²) in [5, 5.41) is 0. The second-order valence-corrected chi connectivity index (χ2v) is 10.5. The van der Waals surface area contributed by atoms with E-state index in [0.29, 0.717) is 23.6 Å². The van der Waals surface area contributed by atoms with E-state index in [1.54, 1.807) is 0 Å². The fraction of sp³-hybridized carbons (Fsp3) is 0.586. The molecule has 5 heteroatoms. The normalized spacial score (nSPS) is 25.5. The van der Waals surface area contributed by atoms with Crippen molar-refractivity contribution in [2.45, 2.75) is 89.9 Å². The Hall–Kier alpha value is -1.91. The zero-order valence-electron chi connectivity index (χ0n) is 20.0. The number of unbranched alkanes of at least 4 members (excludes halogenated alkanes) is 2. The van der Waals surface area contributed by atoms with Gasteiger partial charge in [-0.2, -0.15) is 0 Å². The summed E-state index contributed by atoms with van der Waals surface area (Å²) in [4.78, 5) is 0. The first-order valence-corrected chi connectivity index (χ1v) is 13.0. The van der Waals surface area contributed by atoms with Crippen LogP contribution in [0.25, 0.3) is 11.1 Å². The highest BCUT2D eigenvalue weighted by Crippen LogP contribution is 2.45. The molecule has 0 amide bonds. The van der Waals surface area contributed by atoms with Crippen LogP contribution in [0.3, 0.4) is 0 Å². The molecule has 2 aliphatic rings. The monoisotopic (exact) mass is 478 g/mol. The first-order valence-electron chi connectivity index (χ1n) is 13.0. The number of hydrogen-bond donors (Lipinski definition) is 0. The predicted molar refractivity (Wildman–Crippen MR) is 126 cm³/mol. The Labute approximate surface area is 200 Å². The average molecular weight is 479 g/mol. The van der Waals surface area contributed by atoms with Gasteiger partial charge in [0.1, 0.15) is 11.6 Å². The highest BCUT2D eigenvalue weighted by Gasteiger charge is 2.32. The second-order valence-electron chi connectivity index (χ2n) is 10.5. The third-order valence-corrected chi connectivity index (χ3v) is 8.35. The molecule has 2 saturated carbocycles. The van der Waals surface area contributed by atoms with Gasteiger partial charge in [0.2, 0.25) is 0 Å². The average Bonchev–Trinajstić information content (AvgIpc) is 2.83. The summed E-state index contributed by atoms with van der Waals surface area (Å²) in [5.41, 5.74) is -0.266. The van der Waals surface area contributed by atoms with Gasteiger partial charge in [0.15, 0.2) is 17.5 Å². The van der Waals surface area contributed by atoms with Crippen LogP contribution in [0.4, 0.5) is 22.0 Å². The molecule has 0 nitrogen and oxygen atoms in total. The minimum Gasteiger partial charge on any atom is -0.206 e. The van der Waals surface area contributed by atoms with E-state index in [9.17, 15) is 22.0 Å². The lowest BCUT2D eigenvalue weighted by Gasteiger charge is -2.38.